The predicted molar refractivity (Wildman–Crippen MR) is 147 cm³/mol. The molecular weight excluding hydrogens is 537 g/mol. The summed E-state index contributed by atoms with van der Waals surface area (Å²) in [5.41, 5.74) is -2.79. The summed E-state index contributed by atoms with van der Waals surface area (Å²) in [6.07, 6.45) is 2.23. The van der Waals surface area contributed by atoms with Gasteiger partial charge in [0.1, 0.15) is 5.60 Å². The second-order valence-corrected chi connectivity index (χ2v) is 17.6. The summed E-state index contributed by atoms with van der Waals surface area (Å²) in [7, 11) is 0. The highest BCUT2D eigenvalue weighted by atomic mass is 32.9. The van der Waals surface area contributed by atoms with Gasteiger partial charge in [-0.2, -0.15) is 0 Å². The molecule has 0 aromatic rings. The highest BCUT2D eigenvalue weighted by molar-refractivity contribution is 8.68. The lowest BCUT2D eigenvalue weighted by Gasteiger charge is -2.37. The summed E-state index contributed by atoms with van der Waals surface area (Å²) in [6, 6.07) is 0. The van der Waals surface area contributed by atoms with E-state index in [0.717, 1.165) is 24.8 Å². The quantitative estimate of drug-likeness (QED) is 0.192. The Morgan fingerprint density at radius 3 is 2.51 bits per heavy atom. The van der Waals surface area contributed by atoms with Crippen LogP contribution in [-0.2, 0) is 44.8 Å². The van der Waals surface area contributed by atoms with Crippen LogP contribution in [0.1, 0.15) is 73.6 Å². The fourth-order valence-corrected chi connectivity index (χ4v) is 11.1. The molecule has 1 aliphatic carbocycles. The molecule has 6 atom stereocenters. The minimum Gasteiger partial charge on any atom is -0.481 e. The fraction of sp³-hybridized carbons (Fsp3) is 0.760. The molecule has 2 N–H and O–H groups in total. The number of carbonyl (C=O) groups is 4. The van der Waals surface area contributed by atoms with Crippen molar-refractivity contribution in [3.8, 4) is 0 Å². The zero-order valence-electron chi connectivity index (χ0n) is 22.5. The molecule has 2 fully saturated rings. The molecule has 1 saturated carbocycles. The average molecular weight is 578 g/mol. The summed E-state index contributed by atoms with van der Waals surface area (Å²) in [6.45, 7) is 14.3. The van der Waals surface area contributed by atoms with Crippen LogP contribution in [-0.4, -0.2) is 58.3 Å². The third-order valence-corrected chi connectivity index (χ3v) is 12.2. The van der Waals surface area contributed by atoms with Gasteiger partial charge >= 0.3 is 11.9 Å². The monoisotopic (exact) mass is 577 g/mol. The number of hydrogen-bond donors (Lipinski definition) is 2. The van der Waals surface area contributed by atoms with Gasteiger partial charge in [-0.25, -0.2) is 0 Å². The van der Waals surface area contributed by atoms with E-state index in [1.54, 1.807) is 20.8 Å². The maximum atomic E-state index is 13.0. The van der Waals surface area contributed by atoms with Crippen molar-refractivity contribution in [1.29, 1.82) is 0 Å². The Labute approximate surface area is 228 Å². The number of esters is 1. The Morgan fingerprint density at radius 1 is 1.30 bits per heavy atom. The average Bonchev–Trinajstić information content (AvgIpc) is 3.02. The molecule has 1 unspecified atom stereocenters. The topological polar surface area (TPSA) is 128 Å². The normalized spacial score (nSPS) is 29.0. The van der Waals surface area contributed by atoms with Gasteiger partial charge in [-0.15, -0.1) is 0 Å². The van der Waals surface area contributed by atoms with Gasteiger partial charge in [0.15, 0.2) is 5.78 Å². The summed E-state index contributed by atoms with van der Waals surface area (Å²) in [5.74, 6) is -4.08. The molecule has 0 spiro atoms. The molecule has 210 valence electrons. The molecule has 0 aromatic heterocycles. The number of carbonyl (C=O) groups excluding carboxylic acids is 3. The van der Waals surface area contributed by atoms with Gasteiger partial charge in [-0.3, -0.25) is 19.2 Å². The first-order chi connectivity index (χ1) is 16.9. The van der Waals surface area contributed by atoms with Crippen molar-refractivity contribution >= 4 is 52.5 Å². The van der Waals surface area contributed by atoms with Gasteiger partial charge in [0, 0.05) is 11.7 Å². The van der Waals surface area contributed by atoms with Crippen LogP contribution in [0, 0.1) is 17.8 Å². The lowest BCUT2D eigenvalue weighted by atomic mass is 9.77. The Morgan fingerprint density at radius 2 is 1.95 bits per heavy atom. The number of hydrogen-bond acceptors (Lipinski definition) is 9. The van der Waals surface area contributed by atoms with E-state index in [2.05, 4.69) is 11.9 Å². The number of amides is 1. The number of aliphatic carboxylic acids is 1. The van der Waals surface area contributed by atoms with E-state index < -0.39 is 52.4 Å². The molecule has 2 rings (SSSR count). The second-order valence-electron chi connectivity index (χ2n) is 11.2. The van der Waals surface area contributed by atoms with Crippen LogP contribution in [0.3, 0.4) is 0 Å². The van der Waals surface area contributed by atoms with Crippen molar-refractivity contribution in [3.05, 3.63) is 12.2 Å². The predicted octanol–water partition coefficient (Wildman–Crippen LogP) is 4.64. The molecule has 1 saturated heterocycles. The fourth-order valence-electron chi connectivity index (χ4n) is 4.27. The third kappa shape index (κ3) is 9.77. The molecular formula is C25H40NO8PS2. The number of carboxylic acids is 1. The highest BCUT2D eigenvalue weighted by Gasteiger charge is 2.53. The standard InChI is InChI=1S/C25H40NO8PS2/c1-15(2)17-8-9-25(7)20(11-17)37-35(36,34-25)32-14-18(12-21(28)33-24(4,5)6)22(29)26-13-19(27)10-16(3)23(30)31/h16-18,20H,1,8-14H2,2-7H3,(H,26,29)(H,30,31)/t16-,17?,18+,20+,25+,35+/m1/s1. The minimum absolute atomic E-state index is 0.153. The van der Waals surface area contributed by atoms with Crippen LogP contribution in [0.25, 0.3) is 0 Å². The van der Waals surface area contributed by atoms with Crippen LogP contribution in [0.15, 0.2) is 12.2 Å². The maximum Gasteiger partial charge on any atom is 0.307 e. The first kappa shape index (κ1) is 32.0. The van der Waals surface area contributed by atoms with E-state index in [0.29, 0.717) is 5.92 Å². The number of allylic oxidation sites excluding steroid dienone is 1. The summed E-state index contributed by atoms with van der Waals surface area (Å²) < 4.78 is 17.8. The lowest BCUT2D eigenvalue weighted by molar-refractivity contribution is -0.157. The summed E-state index contributed by atoms with van der Waals surface area (Å²) in [4.78, 5) is 48.6. The minimum atomic E-state index is -2.79. The van der Waals surface area contributed by atoms with Crippen LogP contribution >= 0.6 is 17.1 Å². The molecule has 12 heteroatoms. The van der Waals surface area contributed by atoms with E-state index >= 15 is 0 Å². The van der Waals surface area contributed by atoms with Crippen molar-refractivity contribution < 1.29 is 38.1 Å². The first-order valence-corrected chi connectivity index (χ1v) is 16.6. The van der Waals surface area contributed by atoms with Crippen LogP contribution in [0.2, 0.25) is 0 Å². The number of carboxylic acid groups (broad SMARTS) is 1. The van der Waals surface area contributed by atoms with Gasteiger partial charge in [0.05, 0.1) is 37.0 Å². The van der Waals surface area contributed by atoms with Gasteiger partial charge in [0.25, 0.3) is 0 Å². The lowest BCUT2D eigenvalue weighted by Crippen LogP contribution is -2.40. The van der Waals surface area contributed by atoms with Crippen molar-refractivity contribution in [2.45, 2.75) is 90.1 Å². The molecule has 1 amide bonds. The molecule has 0 radical (unpaired) electrons. The molecule has 0 bridgehead atoms. The number of rotatable bonds is 12. The number of Topliss-reactive ketones (excluding diaryl/α,β-unsaturated/α-hetero) is 1. The largest absolute Gasteiger partial charge is 0.481 e. The first-order valence-electron chi connectivity index (χ1n) is 12.5. The van der Waals surface area contributed by atoms with E-state index in [-0.39, 0.29) is 31.2 Å². The maximum absolute atomic E-state index is 13.0. The molecule has 37 heavy (non-hydrogen) atoms. The Hall–Kier alpha value is -1.26. The zero-order valence-corrected chi connectivity index (χ0v) is 25.1. The van der Waals surface area contributed by atoms with Crippen molar-refractivity contribution in [1.82, 2.24) is 5.32 Å². The van der Waals surface area contributed by atoms with E-state index in [4.69, 9.17) is 30.7 Å². The van der Waals surface area contributed by atoms with Crippen molar-refractivity contribution in [3.63, 3.8) is 0 Å². The van der Waals surface area contributed by atoms with E-state index in [1.807, 2.05) is 13.8 Å². The van der Waals surface area contributed by atoms with Crippen LogP contribution in [0.4, 0.5) is 0 Å². The second kappa shape index (κ2) is 12.7. The Bertz CT molecular complexity index is 965. The van der Waals surface area contributed by atoms with Crippen molar-refractivity contribution in [2.75, 3.05) is 13.2 Å². The van der Waals surface area contributed by atoms with Crippen LogP contribution in [0.5, 0.6) is 0 Å². The molecule has 0 aromatic carbocycles. The number of nitrogens with one attached hydrogen (secondary N) is 1. The van der Waals surface area contributed by atoms with Gasteiger partial charge in [0.2, 0.25) is 11.6 Å². The molecule has 9 nitrogen and oxygen atoms in total. The van der Waals surface area contributed by atoms with Crippen LogP contribution < -0.4 is 5.32 Å². The van der Waals surface area contributed by atoms with Gasteiger partial charge in [-0.1, -0.05) is 30.5 Å². The van der Waals surface area contributed by atoms with Crippen molar-refractivity contribution in [2.24, 2.45) is 17.8 Å². The van der Waals surface area contributed by atoms with E-state index in [1.165, 1.54) is 18.3 Å². The number of ketones is 1. The molecule has 2 aliphatic rings. The Kier molecular flexibility index (Phi) is 11.0. The third-order valence-electron chi connectivity index (χ3n) is 6.50. The zero-order chi connectivity index (χ0) is 28.2. The van der Waals surface area contributed by atoms with Gasteiger partial charge < -0.3 is 24.2 Å². The molecule has 1 heterocycles. The highest BCUT2D eigenvalue weighted by Crippen LogP contribution is 2.74. The summed E-state index contributed by atoms with van der Waals surface area (Å²) >= 11 is 7.30. The summed E-state index contributed by atoms with van der Waals surface area (Å²) in [5, 5.41) is 11.7. The van der Waals surface area contributed by atoms with E-state index in [9.17, 15) is 19.2 Å². The smallest absolute Gasteiger partial charge is 0.307 e. The van der Waals surface area contributed by atoms with Gasteiger partial charge in [-0.05, 0) is 71.6 Å². The SMILES string of the molecule is C=C(C)C1CC[C@]2(C)O[P@](=S)(OC[C@H](CC(=O)OC(C)(C)C)C(=O)NCC(=O)C[C@@H](C)C(=O)O)S[C@H]2C1. The number of ether oxygens (including phenoxy) is 1. The number of fused-ring (bicyclic) bond motifs is 1. The molecule has 1 aliphatic heterocycles. The Balaban J connectivity index is 2.06.